The predicted octanol–water partition coefficient (Wildman–Crippen LogP) is 17.3. The van der Waals surface area contributed by atoms with Gasteiger partial charge in [-0.3, -0.25) is 0 Å². The molecule has 3 heteroatoms. The van der Waals surface area contributed by atoms with Gasteiger partial charge in [-0.25, -0.2) is 0 Å². The topological polar surface area (TPSA) is 25.6 Å². The largest absolute Gasteiger partial charge is 0.456 e. The Morgan fingerprint density at radius 2 is 1.03 bits per heavy atom. The predicted molar refractivity (Wildman–Crippen MR) is 265 cm³/mol. The minimum Gasteiger partial charge on any atom is -0.456 e. The van der Waals surface area contributed by atoms with Gasteiger partial charge in [-0.05, 0) is 110 Å². The smallest absolute Gasteiger partial charge is 0.143 e. The Morgan fingerprint density at radius 1 is 0.391 bits per heavy atom. The molecule has 1 aliphatic heterocycles. The number of para-hydroxylation sites is 2. The van der Waals surface area contributed by atoms with Crippen LogP contribution in [0.1, 0.15) is 25.0 Å². The average Bonchev–Trinajstić information content (AvgIpc) is 3.78. The van der Waals surface area contributed by atoms with Crippen LogP contribution in [-0.2, 0) is 5.41 Å². The van der Waals surface area contributed by atoms with E-state index in [9.17, 15) is 0 Å². The van der Waals surface area contributed by atoms with Crippen LogP contribution in [-0.4, -0.2) is 0 Å². The van der Waals surface area contributed by atoms with Crippen molar-refractivity contribution in [1.82, 2.24) is 0 Å². The van der Waals surface area contributed by atoms with Crippen molar-refractivity contribution in [3.8, 4) is 67.1 Å². The van der Waals surface area contributed by atoms with Crippen molar-refractivity contribution in [3.63, 3.8) is 0 Å². The normalized spacial score (nSPS) is 13.1. The lowest BCUT2D eigenvalue weighted by atomic mass is 9.82. The maximum atomic E-state index is 7.20. The monoisotopic (exact) mass is 819 g/mol. The molecular formula is C61H41NO2. The molecule has 3 nitrogen and oxygen atoms in total. The van der Waals surface area contributed by atoms with Gasteiger partial charge in [0.2, 0.25) is 0 Å². The van der Waals surface area contributed by atoms with E-state index in [1.807, 2.05) is 12.1 Å². The van der Waals surface area contributed by atoms with Crippen molar-refractivity contribution in [2.75, 3.05) is 4.90 Å². The number of benzene rings is 10. The third-order valence-corrected chi connectivity index (χ3v) is 13.7. The first kappa shape index (κ1) is 36.5. The summed E-state index contributed by atoms with van der Waals surface area (Å²) in [5.74, 6) is 1.65. The Morgan fingerprint density at radius 3 is 1.91 bits per heavy atom. The van der Waals surface area contributed by atoms with Crippen LogP contribution >= 0.6 is 0 Å². The Balaban J connectivity index is 1.05. The highest BCUT2D eigenvalue weighted by atomic mass is 16.5. The molecule has 1 aliphatic carbocycles. The maximum absolute atomic E-state index is 7.20. The van der Waals surface area contributed by atoms with E-state index < -0.39 is 0 Å². The molecule has 0 unspecified atom stereocenters. The summed E-state index contributed by atoms with van der Waals surface area (Å²) in [5.41, 5.74) is 18.9. The molecule has 0 bridgehead atoms. The standard InChI is InChI=1S/C61H41NO2/c1-61(2)52-25-10-8-19-46(52)47-34-33-43(37-53(47)61)62(42-31-29-39(30-32-42)45-22-13-23-49-48-20-9-11-27-55(48)64-60(45)49)54-26-14-28-56-59(54)50-24-12-21-44(38-15-4-3-5-16-38)58(50)51-35-40-17-6-7-18-41(40)36-57(51)63-56/h3-37H,1-2H3. The van der Waals surface area contributed by atoms with Gasteiger partial charge in [-0.15, -0.1) is 0 Å². The van der Waals surface area contributed by atoms with Crippen molar-refractivity contribution >= 4 is 49.8 Å². The van der Waals surface area contributed by atoms with E-state index in [0.29, 0.717) is 0 Å². The average molecular weight is 820 g/mol. The Bertz CT molecular complexity index is 3670. The summed E-state index contributed by atoms with van der Waals surface area (Å²) in [4.78, 5) is 2.43. The lowest BCUT2D eigenvalue weighted by Gasteiger charge is -2.30. The van der Waals surface area contributed by atoms with Crippen LogP contribution in [0, 0.1) is 0 Å². The molecule has 1 aromatic heterocycles. The van der Waals surface area contributed by atoms with E-state index >= 15 is 0 Å². The zero-order valence-electron chi connectivity index (χ0n) is 35.5. The second kappa shape index (κ2) is 13.9. The molecule has 0 spiro atoms. The van der Waals surface area contributed by atoms with Gasteiger partial charge in [-0.2, -0.15) is 0 Å². The summed E-state index contributed by atoms with van der Waals surface area (Å²) in [5, 5.41) is 4.56. The van der Waals surface area contributed by atoms with Gasteiger partial charge in [0, 0.05) is 49.8 Å². The lowest BCUT2D eigenvalue weighted by Crippen LogP contribution is -2.17. The summed E-state index contributed by atoms with van der Waals surface area (Å²) in [6.45, 7) is 4.70. The molecule has 2 aliphatic rings. The number of hydrogen-bond acceptors (Lipinski definition) is 3. The van der Waals surface area contributed by atoms with Crippen molar-refractivity contribution in [1.29, 1.82) is 0 Å². The van der Waals surface area contributed by atoms with E-state index in [0.717, 1.165) is 100 Å². The van der Waals surface area contributed by atoms with Crippen LogP contribution in [0.5, 0.6) is 11.5 Å². The molecule has 64 heavy (non-hydrogen) atoms. The highest BCUT2D eigenvalue weighted by Gasteiger charge is 2.36. The minimum atomic E-state index is -0.180. The van der Waals surface area contributed by atoms with Crippen LogP contribution in [0.3, 0.4) is 0 Å². The maximum Gasteiger partial charge on any atom is 0.143 e. The fraction of sp³-hybridized carbons (Fsp3) is 0.0492. The van der Waals surface area contributed by atoms with Crippen molar-refractivity contribution < 1.29 is 9.15 Å². The molecule has 0 fully saturated rings. The molecule has 0 radical (unpaired) electrons. The van der Waals surface area contributed by atoms with Gasteiger partial charge in [-0.1, -0.05) is 172 Å². The van der Waals surface area contributed by atoms with Crippen LogP contribution in [0.15, 0.2) is 217 Å². The van der Waals surface area contributed by atoms with Crippen LogP contribution in [0.2, 0.25) is 0 Å². The van der Waals surface area contributed by atoms with E-state index in [4.69, 9.17) is 9.15 Å². The molecule has 10 aromatic carbocycles. The molecule has 13 rings (SSSR count). The van der Waals surface area contributed by atoms with Gasteiger partial charge in [0.15, 0.2) is 0 Å². The molecule has 0 N–H and O–H groups in total. The van der Waals surface area contributed by atoms with Crippen molar-refractivity contribution in [2.45, 2.75) is 19.3 Å². The summed E-state index contributed by atoms with van der Waals surface area (Å²) in [7, 11) is 0. The number of nitrogens with zero attached hydrogens (tertiary/aromatic N) is 1. The molecule has 0 saturated carbocycles. The quantitative estimate of drug-likeness (QED) is 0.173. The molecule has 0 saturated heterocycles. The number of ether oxygens (including phenoxy) is 1. The Hall–Kier alpha value is -8.14. The third-order valence-electron chi connectivity index (χ3n) is 13.7. The number of anilines is 3. The molecule has 0 amide bonds. The van der Waals surface area contributed by atoms with E-state index in [1.54, 1.807) is 0 Å². The Kier molecular flexibility index (Phi) is 7.95. The molecule has 302 valence electrons. The second-order valence-electron chi connectivity index (χ2n) is 17.6. The minimum absolute atomic E-state index is 0.180. The zero-order valence-corrected chi connectivity index (χ0v) is 35.5. The highest BCUT2D eigenvalue weighted by molar-refractivity contribution is 6.10. The summed E-state index contributed by atoms with van der Waals surface area (Å²) in [6, 6.07) is 76.6. The van der Waals surface area contributed by atoms with Gasteiger partial charge in [0.25, 0.3) is 0 Å². The van der Waals surface area contributed by atoms with E-state index in [1.165, 1.54) is 27.6 Å². The van der Waals surface area contributed by atoms with Crippen LogP contribution < -0.4 is 9.64 Å². The first-order valence-electron chi connectivity index (χ1n) is 22.1. The van der Waals surface area contributed by atoms with Gasteiger partial charge >= 0.3 is 0 Å². The molecule has 11 aromatic rings. The fourth-order valence-corrected chi connectivity index (χ4v) is 10.6. The number of hydrogen-bond donors (Lipinski definition) is 0. The summed E-state index contributed by atoms with van der Waals surface area (Å²) in [6.07, 6.45) is 0. The van der Waals surface area contributed by atoms with Crippen molar-refractivity contribution in [2.24, 2.45) is 0 Å². The molecular weight excluding hydrogens is 779 g/mol. The number of rotatable bonds is 5. The summed E-state index contributed by atoms with van der Waals surface area (Å²) >= 11 is 0. The van der Waals surface area contributed by atoms with Gasteiger partial charge in [0.1, 0.15) is 22.7 Å². The number of furan rings is 1. The van der Waals surface area contributed by atoms with Crippen LogP contribution in [0.4, 0.5) is 17.1 Å². The fourth-order valence-electron chi connectivity index (χ4n) is 10.6. The van der Waals surface area contributed by atoms with Crippen molar-refractivity contribution in [3.05, 3.63) is 223 Å². The summed E-state index contributed by atoms with van der Waals surface area (Å²) < 4.78 is 13.7. The zero-order chi connectivity index (χ0) is 42.5. The van der Waals surface area contributed by atoms with Gasteiger partial charge < -0.3 is 14.1 Å². The highest BCUT2D eigenvalue weighted by Crippen LogP contribution is 2.57. The second-order valence-corrected chi connectivity index (χ2v) is 17.6. The van der Waals surface area contributed by atoms with E-state index in [-0.39, 0.29) is 5.41 Å². The first-order chi connectivity index (χ1) is 31.5. The SMILES string of the molecule is CC1(C)c2ccccc2-c2ccc(N(c3ccc(-c4cccc5c4oc4ccccc45)cc3)c3cccc4c3-c3cccc(-c5ccccc5)c3-c3cc5ccccc5cc3O4)cc21. The van der Waals surface area contributed by atoms with Gasteiger partial charge in [0.05, 0.1) is 5.69 Å². The first-order valence-corrected chi connectivity index (χ1v) is 22.1. The lowest BCUT2D eigenvalue weighted by molar-refractivity contribution is 0.488. The van der Waals surface area contributed by atoms with Crippen LogP contribution in [0.25, 0.3) is 88.3 Å². The van der Waals surface area contributed by atoms with E-state index in [2.05, 4.69) is 219 Å². The number of fused-ring (bicyclic) bond motifs is 12. The molecule has 2 heterocycles. The third kappa shape index (κ3) is 5.47. The Labute approximate surface area is 372 Å². The molecule has 0 atom stereocenters.